The molecule has 2 amide bonds. The van der Waals surface area contributed by atoms with E-state index in [1.165, 1.54) is 6.42 Å². The monoisotopic (exact) mass is 421 g/mol. The minimum Gasteiger partial charge on any atom is -0.487 e. The molecule has 31 heavy (non-hydrogen) atoms. The van der Waals surface area contributed by atoms with E-state index >= 15 is 0 Å². The Bertz CT molecular complexity index is 920. The molecule has 6 heteroatoms. The first-order valence-electron chi connectivity index (χ1n) is 10.8. The largest absolute Gasteiger partial charge is 0.487 e. The summed E-state index contributed by atoms with van der Waals surface area (Å²) in [6.45, 7) is 6.22. The van der Waals surface area contributed by atoms with Crippen LogP contribution < -0.4 is 20.7 Å². The second kappa shape index (κ2) is 11.2. The highest BCUT2D eigenvalue weighted by molar-refractivity contribution is 5.98. The van der Waals surface area contributed by atoms with Crippen molar-refractivity contribution in [3.05, 3.63) is 66.2 Å². The first-order valence-corrected chi connectivity index (χ1v) is 10.8. The third-order valence-electron chi connectivity index (χ3n) is 5.15. The van der Waals surface area contributed by atoms with Crippen LogP contribution in [0.1, 0.15) is 49.4 Å². The zero-order valence-corrected chi connectivity index (χ0v) is 18.1. The summed E-state index contributed by atoms with van der Waals surface area (Å²) in [5.74, 6) is 0.365. The van der Waals surface area contributed by atoms with Crippen LogP contribution in [0.5, 0.6) is 5.75 Å². The van der Waals surface area contributed by atoms with E-state index in [0.29, 0.717) is 23.6 Å². The molecule has 0 atom stereocenters. The predicted molar refractivity (Wildman–Crippen MR) is 125 cm³/mol. The van der Waals surface area contributed by atoms with Crippen LogP contribution in [0.2, 0.25) is 0 Å². The smallest absolute Gasteiger partial charge is 0.251 e. The first kappa shape index (κ1) is 22.4. The number of rotatable bonds is 9. The van der Waals surface area contributed by atoms with Gasteiger partial charge >= 0.3 is 0 Å². The lowest BCUT2D eigenvalue weighted by atomic mass is 9.95. The van der Waals surface area contributed by atoms with E-state index in [4.69, 9.17) is 4.74 Å². The fraction of sp³-hybridized carbons (Fsp3) is 0.360. The fourth-order valence-corrected chi connectivity index (χ4v) is 3.57. The number of amides is 2. The van der Waals surface area contributed by atoms with E-state index in [1.54, 1.807) is 24.3 Å². The molecule has 1 aliphatic rings. The first-order chi connectivity index (χ1) is 15.0. The number of carbonyl (C=O) groups is 2. The maximum Gasteiger partial charge on any atom is 0.251 e. The van der Waals surface area contributed by atoms with Crippen molar-refractivity contribution in [3.8, 4) is 5.75 Å². The normalized spacial score (nSPS) is 13.8. The molecule has 0 bridgehead atoms. The predicted octanol–water partition coefficient (Wildman–Crippen LogP) is 4.75. The molecule has 1 fully saturated rings. The van der Waals surface area contributed by atoms with Gasteiger partial charge in [0, 0.05) is 17.3 Å². The van der Waals surface area contributed by atoms with Crippen molar-refractivity contribution in [2.24, 2.45) is 0 Å². The molecule has 0 unspecified atom stereocenters. The topological polar surface area (TPSA) is 79.5 Å². The molecule has 1 aliphatic carbocycles. The number of hydrogen-bond acceptors (Lipinski definition) is 4. The van der Waals surface area contributed by atoms with Gasteiger partial charge in [0.05, 0.1) is 12.2 Å². The van der Waals surface area contributed by atoms with Gasteiger partial charge in [-0.3, -0.25) is 9.59 Å². The Kier molecular flexibility index (Phi) is 8.10. The number of anilines is 2. The summed E-state index contributed by atoms with van der Waals surface area (Å²) >= 11 is 0. The van der Waals surface area contributed by atoms with Gasteiger partial charge in [0.25, 0.3) is 5.91 Å². The highest BCUT2D eigenvalue weighted by Gasteiger charge is 2.17. The number of carbonyl (C=O) groups excluding carboxylic acids is 2. The Hall–Kier alpha value is -3.28. The van der Waals surface area contributed by atoms with Gasteiger partial charge in [-0.05, 0) is 55.7 Å². The van der Waals surface area contributed by atoms with E-state index in [1.807, 2.05) is 31.2 Å². The summed E-state index contributed by atoms with van der Waals surface area (Å²) in [4.78, 5) is 25.0. The van der Waals surface area contributed by atoms with Gasteiger partial charge in [0.1, 0.15) is 12.4 Å². The van der Waals surface area contributed by atoms with Crippen molar-refractivity contribution in [2.45, 2.75) is 45.1 Å². The van der Waals surface area contributed by atoms with Crippen LogP contribution in [0.15, 0.2) is 60.7 Å². The Morgan fingerprint density at radius 2 is 1.84 bits per heavy atom. The standard InChI is InChI=1S/C25H31N3O3/c1-18(2)17-31-23-14-7-6-13-22(23)26-16-24(29)27-21-12-8-9-19(15-21)25(30)28-20-10-4-3-5-11-20/h6-9,12-15,20,26H,1,3-5,10-11,16-17H2,2H3,(H,27,29)(H,28,30). The van der Waals surface area contributed by atoms with Crippen LogP contribution >= 0.6 is 0 Å². The Labute approximate surface area is 184 Å². The third kappa shape index (κ3) is 7.17. The maximum absolute atomic E-state index is 12.6. The molecule has 0 aromatic heterocycles. The molecule has 3 rings (SSSR count). The lowest BCUT2D eigenvalue weighted by molar-refractivity contribution is -0.114. The van der Waals surface area contributed by atoms with Gasteiger partial charge in [-0.2, -0.15) is 0 Å². The Morgan fingerprint density at radius 1 is 1.06 bits per heavy atom. The number of benzene rings is 2. The summed E-state index contributed by atoms with van der Waals surface area (Å²) in [6.07, 6.45) is 5.63. The van der Waals surface area contributed by atoms with Crippen LogP contribution in [0.25, 0.3) is 0 Å². The number of para-hydroxylation sites is 2. The van der Waals surface area contributed by atoms with Crippen LogP contribution in [-0.2, 0) is 4.79 Å². The van der Waals surface area contributed by atoms with Crippen molar-refractivity contribution >= 4 is 23.2 Å². The van der Waals surface area contributed by atoms with Gasteiger partial charge in [0.15, 0.2) is 0 Å². The van der Waals surface area contributed by atoms with Crippen molar-refractivity contribution in [1.29, 1.82) is 0 Å². The quantitative estimate of drug-likeness (QED) is 0.510. The van der Waals surface area contributed by atoms with Crippen molar-refractivity contribution < 1.29 is 14.3 Å². The second-order valence-corrected chi connectivity index (χ2v) is 8.03. The van der Waals surface area contributed by atoms with E-state index in [0.717, 1.165) is 36.9 Å². The summed E-state index contributed by atoms with van der Waals surface area (Å²) in [5.41, 5.74) is 2.80. The molecule has 0 spiro atoms. The van der Waals surface area contributed by atoms with Gasteiger partial charge in [-0.1, -0.05) is 44.0 Å². The van der Waals surface area contributed by atoms with Crippen molar-refractivity contribution in [3.63, 3.8) is 0 Å². The highest BCUT2D eigenvalue weighted by atomic mass is 16.5. The molecule has 164 valence electrons. The molecule has 2 aromatic carbocycles. The summed E-state index contributed by atoms with van der Waals surface area (Å²) in [5, 5.41) is 9.05. The molecule has 0 saturated heterocycles. The van der Waals surface area contributed by atoms with Crippen molar-refractivity contribution in [2.75, 3.05) is 23.8 Å². The van der Waals surface area contributed by atoms with Crippen molar-refractivity contribution in [1.82, 2.24) is 5.32 Å². The maximum atomic E-state index is 12.6. The molecule has 0 radical (unpaired) electrons. The second-order valence-electron chi connectivity index (χ2n) is 8.03. The molecule has 0 heterocycles. The van der Waals surface area contributed by atoms with Gasteiger partial charge in [0.2, 0.25) is 5.91 Å². The number of nitrogens with one attached hydrogen (secondary N) is 3. The lowest BCUT2D eigenvalue weighted by Crippen LogP contribution is -2.36. The molecule has 3 N–H and O–H groups in total. The number of ether oxygens (including phenoxy) is 1. The van der Waals surface area contributed by atoms with Gasteiger partial charge < -0.3 is 20.7 Å². The lowest BCUT2D eigenvalue weighted by Gasteiger charge is -2.22. The zero-order chi connectivity index (χ0) is 22.1. The fourth-order valence-electron chi connectivity index (χ4n) is 3.57. The molecule has 0 aliphatic heterocycles. The van der Waals surface area contributed by atoms with Crippen LogP contribution in [0.4, 0.5) is 11.4 Å². The third-order valence-corrected chi connectivity index (χ3v) is 5.15. The number of hydrogen-bond donors (Lipinski definition) is 3. The molecule has 2 aromatic rings. The SMILES string of the molecule is C=C(C)COc1ccccc1NCC(=O)Nc1cccc(C(=O)NC2CCCCC2)c1. The zero-order valence-electron chi connectivity index (χ0n) is 18.1. The van der Waals surface area contributed by atoms with Crippen LogP contribution in [-0.4, -0.2) is 31.0 Å². The average Bonchev–Trinajstić information content (AvgIpc) is 2.77. The molecule has 6 nitrogen and oxygen atoms in total. The van der Waals surface area contributed by atoms with Gasteiger partial charge in [-0.15, -0.1) is 0 Å². The average molecular weight is 422 g/mol. The summed E-state index contributed by atoms with van der Waals surface area (Å²) in [7, 11) is 0. The van der Waals surface area contributed by atoms with Gasteiger partial charge in [-0.25, -0.2) is 0 Å². The molecular weight excluding hydrogens is 390 g/mol. The Morgan fingerprint density at radius 3 is 2.61 bits per heavy atom. The Balaban J connectivity index is 1.53. The molecule has 1 saturated carbocycles. The van der Waals surface area contributed by atoms with E-state index in [9.17, 15) is 9.59 Å². The minimum atomic E-state index is -0.209. The van der Waals surface area contributed by atoms with E-state index < -0.39 is 0 Å². The highest BCUT2D eigenvalue weighted by Crippen LogP contribution is 2.24. The summed E-state index contributed by atoms with van der Waals surface area (Å²) in [6, 6.07) is 14.7. The van der Waals surface area contributed by atoms with Crippen LogP contribution in [0.3, 0.4) is 0 Å². The van der Waals surface area contributed by atoms with E-state index in [2.05, 4.69) is 22.5 Å². The molecular formula is C25H31N3O3. The minimum absolute atomic E-state index is 0.0753. The summed E-state index contributed by atoms with van der Waals surface area (Å²) < 4.78 is 5.72. The van der Waals surface area contributed by atoms with Crippen LogP contribution in [0, 0.1) is 0 Å². The van der Waals surface area contributed by atoms with E-state index in [-0.39, 0.29) is 24.4 Å².